The first-order valence-corrected chi connectivity index (χ1v) is 6.23. The molecule has 1 saturated carbocycles. The largest absolute Gasteiger partial charge is 0.370 e. The highest BCUT2D eigenvalue weighted by Crippen LogP contribution is 2.23. The maximum absolute atomic E-state index is 5.95. The minimum atomic E-state index is 0.388. The average molecular weight is 240 g/mol. The number of hydrogen-bond donors (Lipinski definition) is 2. The highest BCUT2D eigenvalue weighted by molar-refractivity contribution is 6.30. The van der Waals surface area contributed by atoms with Crippen molar-refractivity contribution in [3.63, 3.8) is 0 Å². The van der Waals surface area contributed by atoms with E-state index >= 15 is 0 Å². The zero-order chi connectivity index (χ0) is 11.4. The summed E-state index contributed by atoms with van der Waals surface area (Å²) in [5, 5.41) is 4.01. The van der Waals surface area contributed by atoms with Crippen LogP contribution >= 0.6 is 11.6 Å². The molecule has 1 aromatic heterocycles. The Morgan fingerprint density at radius 1 is 1.44 bits per heavy atom. The molecule has 0 aliphatic heterocycles. The normalized spacial score (nSPS) is 25.4. The molecule has 88 valence electrons. The first kappa shape index (κ1) is 11.7. The van der Waals surface area contributed by atoms with E-state index in [1.807, 2.05) is 12.1 Å². The predicted octanol–water partition coefficient (Wildman–Crippen LogP) is 2.66. The molecule has 1 aliphatic rings. The van der Waals surface area contributed by atoms with Crippen LogP contribution in [0.1, 0.15) is 25.7 Å². The summed E-state index contributed by atoms with van der Waals surface area (Å²) in [6, 6.07) is 4.15. The molecule has 0 amide bonds. The summed E-state index contributed by atoms with van der Waals surface area (Å²) in [5.74, 6) is 1.57. The van der Waals surface area contributed by atoms with E-state index in [4.69, 9.17) is 17.3 Å². The number of aromatic nitrogens is 1. The lowest BCUT2D eigenvalue weighted by atomic mass is 9.86. The van der Waals surface area contributed by atoms with Crippen molar-refractivity contribution < 1.29 is 0 Å². The number of pyridine rings is 1. The molecule has 1 aliphatic carbocycles. The minimum Gasteiger partial charge on any atom is -0.370 e. The minimum absolute atomic E-state index is 0.388. The Bertz CT molecular complexity index is 326. The van der Waals surface area contributed by atoms with Crippen molar-refractivity contribution in [2.45, 2.75) is 31.7 Å². The van der Waals surface area contributed by atoms with Crippen molar-refractivity contribution in [2.75, 3.05) is 11.9 Å². The number of halogens is 1. The Kier molecular flexibility index (Phi) is 4.02. The van der Waals surface area contributed by atoms with E-state index in [9.17, 15) is 0 Å². The van der Waals surface area contributed by atoms with Gasteiger partial charge in [0.15, 0.2) is 0 Å². The first-order valence-electron chi connectivity index (χ1n) is 5.85. The highest BCUT2D eigenvalue weighted by Gasteiger charge is 2.18. The van der Waals surface area contributed by atoms with Gasteiger partial charge in [0.2, 0.25) is 0 Å². The van der Waals surface area contributed by atoms with Crippen molar-refractivity contribution >= 4 is 17.4 Å². The van der Waals surface area contributed by atoms with Crippen molar-refractivity contribution in [3.8, 4) is 0 Å². The van der Waals surface area contributed by atoms with Gasteiger partial charge in [0.25, 0.3) is 0 Å². The Morgan fingerprint density at radius 2 is 2.31 bits per heavy atom. The molecule has 0 saturated heterocycles. The third-order valence-electron chi connectivity index (χ3n) is 3.12. The van der Waals surface area contributed by atoms with Gasteiger partial charge in [0.05, 0.1) is 5.02 Å². The second kappa shape index (κ2) is 5.51. The molecule has 0 spiro atoms. The van der Waals surface area contributed by atoms with Crippen LogP contribution < -0.4 is 11.1 Å². The summed E-state index contributed by atoms with van der Waals surface area (Å²) in [5.41, 5.74) is 5.95. The Balaban J connectivity index is 1.80. The Labute approximate surface area is 101 Å². The van der Waals surface area contributed by atoms with Crippen LogP contribution in [0.3, 0.4) is 0 Å². The number of rotatable bonds is 3. The van der Waals surface area contributed by atoms with Gasteiger partial charge in [-0.05, 0) is 37.3 Å². The van der Waals surface area contributed by atoms with E-state index in [-0.39, 0.29) is 0 Å². The number of nitrogens with one attached hydrogen (secondary N) is 1. The third-order valence-corrected chi connectivity index (χ3v) is 3.35. The molecule has 1 aromatic rings. The summed E-state index contributed by atoms with van der Waals surface area (Å²) < 4.78 is 0. The second-order valence-electron chi connectivity index (χ2n) is 4.54. The molecule has 2 atom stereocenters. The van der Waals surface area contributed by atoms with Crippen molar-refractivity contribution in [3.05, 3.63) is 23.4 Å². The first-order chi connectivity index (χ1) is 7.74. The van der Waals surface area contributed by atoms with Crippen LogP contribution in [-0.4, -0.2) is 17.6 Å². The molecular weight excluding hydrogens is 222 g/mol. The van der Waals surface area contributed by atoms with Crippen molar-refractivity contribution in [1.29, 1.82) is 0 Å². The van der Waals surface area contributed by atoms with Gasteiger partial charge >= 0.3 is 0 Å². The average Bonchev–Trinajstić information content (AvgIpc) is 2.28. The van der Waals surface area contributed by atoms with E-state index < -0.39 is 0 Å². The third kappa shape index (κ3) is 3.35. The fourth-order valence-corrected chi connectivity index (χ4v) is 2.36. The van der Waals surface area contributed by atoms with Gasteiger partial charge in [0, 0.05) is 18.8 Å². The number of anilines is 1. The SMILES string of the molecule is NC1CCCC(CNc2ccc(Cl)cn2)C1. The molecule has 2 unspecified atom stereocenters. The van der Waals surface area contributed by atoms with Crippen LogP contribution in [0.4, 0.5) is 5.82 Å². The van der Waals surface area contributed by atoms with Gasteiger partial charge in [0.1, 0.15) is 5.82 Å². The zero-order valence-corrected chi connectivity index (χ0v) is 10.1. The van der Waals surface area contributed by atoms with Crippen LogP contribution in [0.5, 0.6) is 0 Å². The van der Waals surface area contributed by atoms with Gasteiger partial charge in [-0.2, -0.15) is 0 Å². The van der Waals surface area contributed by atoms with Crippen LogP contribution in [0, 0.1) is 5.92 Å². The Hall–Kier alpha value is -0.800. The molecule has 3 nitrogen and oxygen atoms in total. The van der Waals surface area contributed by atoms with Gasteiger partial charge < -0.3 is 11.1 Å². The summed E-state index contributed by atoms with van der Waals surface area (Å²) in [4.78, 5) is 4.21. The fourth-order valence-electron chi connectivity index (χ4n) is 2.25. The monoisotopic (exact) mass is 239 g/mol. The van der Waals surface area contributed by atoms with Crippen LogP contribution in [0.15, 0.2) is 18.3 Å². The molecule has 16 heavy (non-hydrogen) atoms. The molecule has 3 N–H and O–H groups in total. The Morgan fingerprint density at radius 3 is 3.00 bits per heavy atom. The maximum Gasteiger partial charge on any atom is 0.125 e. The second-order valence-corrected chi connectivity index (χ2v) is 4.97. The fraction of sp³-hybridized carbons (Fsp3) is 0.583. The quantitative estimate of drug-likeness (QED) is 0.853. The van der Waals surface area contributed by atoms with E-state index in [0.29, 0.717) is 17.0 Å². The van der Waals surface area contributed by atoms with Crippen LogP contribution in [-0.2, 0) is 0 Å². The molecule has 0 radical (unpaired) electrons. The number of nitrogens with zero attached hydrogens (tertiary/aromatic N) is 1. The topological polar surface area (TPSA) is 50.9 Å². The molecule has 2 rings (SSSR count). The van der Waals surface area contributed by atoms with Crippen LogP contribution in [0.2, 0.25) is 5.02 Å². The summed E-state index contributed by atoms with van der Waals surface area (Å²) in [6.07, 6.45) is 6.49. The standard InChI is InChI=1S/C12H18ClN3/c13-10-4-5-12(16-8-10)15-7-9-2-1-3-11(14)6-9/h4-5,8-9,11H,1-3,6-7,14H2,(H,15,16). The summed E-state index contributed by atoms with van der Waals surface area (Å²) in [6.45, 7) is 0.961. The van der Waals surface area contributed by atoms with E-state index in [0.717, 1.165) is 18.8 Å². The number of hydrogen-bond acceptors (Lipinski definition) is 3. The van der Waals surface area contributed by atoms with Gasteiger partial charge in [-0.3, -0.25) is 0 Å². The smallest absolute Gasteiger partial charge is 0.125 e. The van der Waals surface area contributed by atoms with Crippen molar-refractivity contribution in [2.24, 2.45) is 11.7 Å². The van der Waals surface area contributed by atoms with Gasteiger partial charge in [-0.25, -0.2) is 4.98 Å². The van der Waals surface area contributed by atoms with Crippen LogP contribution in [0.25, 0.3) is 0 Å². The molecule has 0 bridgehead atoms. The van der Waals surface area contributed by atoms with Crippen molar-refractivity contribution in [1.82, 2.24) is 4.98 Å². The molecule has 1 fully saturated rings. The molecule has 0 aromatic carbocycles. The van der Waals surface area contributed by atoms with E-state index in [1.165, 1.54) is 19.3 Å². The lowest BCUT2D eigenvalue weighted by Crippen LogP contribution is -2.31. The maximum atomic E-state index is 5.95. The summed E-state index contributed by atoms with van der Waals surface area (Å²) in [7, 11) is 0. The predicted molar refractivity (Wildman–Crippen MR) is 67.7 cm³/mol. The lowest BCUT2D eigenvalue weighted by Gasteiger charge is -2.26. The number of nitrogens with two attached hydrogens (primary N) is 1. The molecular formula is C12H18ClN3. The lowest BCUT2D eigenvalue weighted by molar-refractivity contribution is 0.335. The zero-order valence-electron chi connectivity index (χ0n) is 9.32. The van der Waals surface area contributed by atoms with Gasteiger partial charge in [-0.15, -0.1) is 0 Å². The van der Waals surface area contributed by atoms with E-state index in [1.54, 1.807) is 6.20 Å². The van der Waals surface area contributed by atoms with Gasteiger partial charge in [-0.1, -0.05) is 18.0 Å². The van der Waals surface area contributed by atoms with E-state index in [2.05, 4.69) is 10.3 Å². The molecule has 1 heterocycles. The highest BCUT2D eigenvalue weighted by atomic mass is 35.5. The molecule has 4 heteroatoms. The summed E-state index contributed by atoms with van der Waals surface area (Å²) >= 11 is 5.77.